The van der Waals surface area contributed by atoms with Crippen LogP contribution >= 0.6 is 0 Å². The van der Waals surface area contributed by atoms with Crippen LogP contribution in [-0.4, -0.2) is 21.7 Å². The molecule has 0 aliphatic carbocycles. The molecule has 34 heavy (non-hydrogen) atoms. The van der Waals surface area contributed by atoms with Crippen LogP contribution in [0, 0.1) is 11.6 Å². The van der Waals surface area contributed by atoms with Gasteiger partial charge in [-0.15, -0.1) is 0 Å². The molecule has 168 valence electrons. The van der Waals surface area contributed by atoms with E-state index < -0.39 is 23.6 Å². The molecule has 1 heterocycles. The van der Waals surface area contributed by atoms with E-state index in [1.807, 2.05) is 42.5 Å². The predicted molar refractivity (Wildman–Crippen MR) is 126 cm³/mol. The Bertz CT molecular complexity index is 1440. The van der Waals surface area contributed by atoms with Gasteiger partial charge >= 0.3 is 6.03 Å². The zero-order chi connectivity index (χ0) is 23.7. The van der Waals surface area contributed by atoms with Crippen LogP contribution in [0.5, 0.6) is 0 Å². The molecule has 0 saturated carbocycles. The van der Waals surface area contributed by atoms with Crippen LogP contribution in [0.3, 0.4) is 0 Å². The number of benzene rings is 4. The Hall–Kier alpha value is -4.32. The zero-order valence-electron chi connectivity index (χ0n) is 18.1. The highest BCUT2D eigenvalue weighted by molar-refractivity contribution is 6.14. The summed E-state index contributed by atoms with van der Waals surface area (Å²) >= 11 is 0. The second-order valence-electron chi connectivity index (χ2n) is 8.04. The lowest BCUT2D eigenvalue weighted by Crippen LogP contribution is -2.32. The molecular weight excluding hydrogens is 434 g/mol. The number of carbonyl (C=O) groups excluding carboxylic acids is 2. The first kappa shape index (κ1) is 21.5. The summed E-state index contributed by atoms with van der Waals surface area (Å²) in [5, 5.41) is 1.90. The summed E-state index contributed by atoms with van der Waals surface area (Å²) < 4.78 is 28.7. The van der Waals surface area contributed by atoms with Crippen molar-refractivity contribution in [2.45, 2.75) is 13.1 Å². The van der Waals surface area contributed by atoms with Crippen LogP contribution in [0.25, 0.3) is 16.8 Å². The minimum atomic E-state index is -0.622. The van der Waals surface area contributed by atoms with E-state index in [-0.39, 0.29) is 29.9 Å². The Kier molecular flexibility index (Phi) is 5.64. The van der Waals surface area contributed by atoms with Crippen LogP contribution in [-0.2, 0) is 17.9 Å². The molecule has 1 aliphatic rings. The molecule has 0 spiro atoms. The van der Waals surface area contributed by atoms with Gasteiger partial charge in [-0.1, -0.05) is 78.9 Å². The summed E-state index contributed by atoms with van der Waals surface area (Å²) in [6, 6.07) is 24.9. The van der Waals surface area contributed by atoms with Gasteiger partial charge in [0, 0.05) is 11.1 Å². The van der Waals surface area contributed by atoms with E-state index in [1.165, 1.54) is 23.1 Å². The molecule has 6 heteroatoms. The third-order valence-corrected chi connectivity index (χ3v) is 5.91. The molecule has 1 aliphatic heterocycles. The van der Waals surface area contributed by atoms with Crippen molar-refractivity contribution in [1.82, 2.24) is 9.80 Å². The number of nitrogens with zero attached hydrogens (tertiary/aromatic N) is 2. The van der Waals surface area contributed by atoms with Gasteiger partial charge in [0.25, 0.3) is 5.91 Å². The first-order valence-electron chi connectivity index (χ1n) is 10.8. The van der Waals surface area contributed by atoms with E-state index in [0.717, 1.165) is 21.2 Å². The zero-order valence-corrected chi connectivity index (χ0v) is 18.1. The van der Waals surface area contributed by atoms with Crippen molar-refractivity contribution in [3.05, 3.63) is 125 Å². The largest absolute Gasteiger partial charge is 0.332 e. The number of hydrogen-bond acceptors (Lipinski definition) is 2. The Morgan fingerprint density at radius 1 is 0.647 bits per heavy atom. The third kappa shape index (κ3) is 3.94. The molecule has 0 radical (unpaired) electrons. The second kappa shape index (κ2) is 8.90. The molecule has 0 bridgehead atoms. The minimum Gasteiger partial charge on any atom is -0.284 e. The van der Waals surface area contributed by atoms with Crippen LogP contribution < -0.4 is 0 Å². The number of urea groups is 1. The highest BCUT2D eigenvalue weighted by Gasteiger charge is 2.41. The van der Waals surface area contributed by atoms with E-state index in [4.69, 9.17) is 0 Å². The molecule has 1 saturated heterocycles. The summed E-state index contributed by atoms with van der Waals surface area (Å²) in [7, 11) is 0. The van der Waals surface area contributed by atoms with Crippen molar-refractivity contribution in [2.24, 2.45) is 0 Å². The average Bonchev–Trinajstić information content (AvgIpc) is 3.06. The van der Waals surface area contributed by atoms with Gasteiger partial charge in [-0.2, -0.15) is 0 Å². The standard InChI is InChI=1S/C28H20F2N2O2/c29-24-14-5-2-9-21(24)17-31-26(16-20-12-7-11-19-8-1-4-13-23(19)20)27(33)32(28(31)34)18-22-10-3-6-15-25(22)30/h1-16H,17-18H2/b26-16-. The van der Waals surface area contributed by atoms with Gasteiger partial charge < -0.3 is 0 Å². The fourth-order valence-electron chi connectivity index (χ4n) is 4.14. The van der Waals surface area contributed by atoms with Gasteiger partial charge in [-0.3, -0.25) is 14.6 Å². The molecule has 4 aromatic carbocycles. The molecular formula is C28H20F2N2O2. The van der Waals surface area contributed by atoms with E-state index in [0.29, 0.717) is 0 Å². The molecule has 1 fully saturated rings. The van der Waals surface area contributed by atoms with Crippen molar-refractivity contribution < 1.29 is 18.4 Å². The van der Waals surface area contributed by atoms with Gasteiger partial charge in [-0.05, 0) is 34.5 Å². The fourth-order valence-corrected chi connectivity index (χ4v) is 4.14. The first-order chi connectivity index (χ1) is 16.5. The number of imide groups is 1. The topological polar surface area (TPSA) is 40.6 Å². The van der Waals surface area contributed by atoms with E-state index in [1.54, 1.807) is 36.4 Å². The van der Waals surface area contributed by atoms with Crippen LogP contribution in [0.15, 0.2) is 96.7 Å². The Morgan fingerprint density at radius 2 is 1.21 bits per heavy atom. The summed E-state index contributed by atoms with van der Waals surface area (Å²) in [6.07, 6.45) is 1.64. The number of rotatable bonds is 5. The Balaban J connectivity index is 1.59. The molecule has 5 rings (SSSR count). The number of carbonyl (C=O) groups is 2. The number of fused-ring (bicyclic) bond motifs is 1. The molecule has 0 N–H and O–H groups in total. The van der Waals surface area contributed by atoms with Crippen LogP contribution in [0.4, 0.5) is 13.6 Å². The number of hydrogen-bond donors (Lipinski definition) is 0. The van der Waals surface area contributed by atoms with Crippen LogP contribution in [0.2, 0.25) is 0 Å². The van der Waals surface area contributed by atoms with Crippen molar-refractivity contribution in [3.8, 4) is 0 Å². The van der Waals surface area contributed by atoms with Crippen molar-refractivity contribution in [2.75, 3.05) is 0 Å². The molecule has 3 amide bonds. The molecule has 4 nitrogen and oxygen atoms in total. The lowest BCUT2D eigenvalue weighted by Gasteiger charge is -2.18. The molecule has 0 aromatic heterocycles. The maximum atomic E-state index is 14.4. The fraction of sp³-hybridized carbons (Fsp3) is 0.0714. The highest BCUT2D eigenvalue weighted by atomic mass is 19.1. The van der Waals surface area contributed by atoms with Gasteiger partial charge in [-0.25, -0.2) is 13.6 Å². The monoisotopic (exact) mass is 454 g/mol. The first-order valence-corrected chi connectivity index (χ1v) is 10.8. The maximum absolute atomic E-state index is 14.4. The van der Waals surface area contributed by atoms with E-state index in [9.17, 15) is 18.4 Å². The predicted octanol–water partition coefficient (Wildman–Crippen LogP) is 6.12. The summed E-state index contributed by atoms with van der Waals surface area (Å²) in [4.78, 5) is 29.0. The molecule has 0 unspecified atom stereocenters. The SMILES string of the molecule is O=C1/C(=C/c2cccc3ccccc23)N(Cc2ccccc2F)C(=O)N1Cc1ccccc1F. The summed E-state index contributed by atoms with van der Waals surface area (Å²) in [5.41, 5.74) is 1.36. The van der Waals surface area contributed by atoms with Crippen molar-refractivity contribution in [1.29, 1.82) is 0 Å². The lowest BCUT2D eigenvalue weighted by atomic mass is 10.0. The normalized spacial score (nSPS) is 15.1. The Labute approximate surface area is 195 Å². The van der Waals surface area contributed by atoms with E-state index >= 15 is 0 Å². The Morgan fingerprint density at radius 3 is 1.88 bits per heavy atom. The second-order valence-corrected chi connectivity index (χ2v) is 8.04. The quantitative estimate of drug-likeness (QED) is 0.269. The minimum absolute atomic E-state index is 0.112. The maximum Gasteiger partial charge on any atom is 0.332 e. The summed E-state index contributed by atoms with van der Waals surface area (Å²) in [6.45, 7) is -0.341. The van der Waals surface area contributed by atoms with Gasteiger partial charge in [0.05, 0.1) is 13.1 Å². The lowest BCUT2D eigenvalue weighted by molar-refractivity contribution is -0.123. The van der Waals surface area contributed by atoms with Gasteiger partial charge in [0.2, 0.25) is 0 Å². The number of amides is 3. The van der Waals surface area contributed by atoms with Crippen molar-refractivity contribution in [3.63, 3.8) is 0 Å². The van der Waals surface area contributed by atoms with Gasteiger partial charge in [0.15, 0.2) is 0 Å². The molecule has 0 atom stereocenters. The smallest absolute Gasteiger partial charge is 0.284 e. The summed E-state index contributed by atoms with van der Waals surface area (Å²) in [5.74, 6) is -1.53. The average molecular weight is 454 g/mol. The van der Waals surface area contributed by atoms with Crippen LogP contribution in [0.1, 0.15) is 16.7 Å². The third-order valence-electron chi connectivity index (χ3n) is 5.91. The van der Waals surface area contributed by atoms with E-state index in [2.05, 4.69) is 0 Å². The van der Waals surface area contributed by atoms with Crippen molar-refractivity contribution >= 4 is 28.8 Å². The molecule has 4 aromatic rings. The number of halogens is 2. The highest BCUT2D eigenvalue weighted by Crippen LogP contribution is 2.30. The van der Waals surface area contributed by atoms with Gasteiger partial charge in [0.1, 0.15) is 17.3 Å².